The molecule has 7 atom stereocenters. The molecule has 3 saturated carbocycles. The number of nitrogens with zero attached hydrogens (tertiary/aromatic N) is 2. The molecule has 0 bridgehead atoms. The van der Waals surface area contributed by atoms with Crippen LogP contribution in [-0.4, -0.2) is 27.6 Å². The molecule has 0 radical (unpaired) electrons. The van der Waals surface area contributed by atoms with Crippen LogP contribution in [0.4, 0.5) is 0 Å². The van der Waals surface area contributed by atoms with Crippen LogP contribution in [0.3, 0.4) is 0 Å². The number of fused-ring (bicyclic) bond motifs is 5. The topological polar surface area (TPSA) is 64.3 Å². The normalized spacial score (nSPS) is 45.3. The Labute approximate surface area is 180 Å². The quantitative estimate of drug-likeness (QED) is 0.726. The molecule has 1 amide bonds. The number of carbonyl (C=O) groups is 1. The first-order valence-electron chi connectivity index (χ1n) is 11.8. The molecule has 5 rings (SSSR count). The third-order valence-electron chi connectivity index (χ3n) is 9.93. The maximum Gasteiger partial charge on any atom is 0.223 e. The van der Waals surface area contributed by atoms with Crippen LogP contribution in [0.15, 0.2) is 30.3 Å². The molecule has 1 aliphatic heterocycles. The molecule has 4 nitrogen and oxygen atoms in total. The van der Waals surface area contributed by atoms with Crippen molar-refractivity contribution in [3.63, 3.8) is 0 Å². The highest BCUT2D eigenvalue weighted by atomic mass is 16.3. The zero-order chi connectivity index (χ0) is 21.1. The van der Waals surface area contributed by atoms with Crippen molar-refractivity contribution in [2.45, 2.75) is 83.4 Å². The molecule has 0 spiro atoms. The Balaban J connectivity index is 1.44. The Morgan fingerprint density at radius 3 is 2.53 bits per heavy atom. The van der Waals surface area contributed by atoms with Crippen molar-refractivity contribution in [3.8, 4) is 6.07 Å². The molecule has 4 heteroatoms. The summed E-state index contributed by atoms with van der Waals surface area (Å²) in [6.07, 6.45) is 7.38. The van der Waals surface area contributed by atoms with Crippen molar-refractivity contribution < 1.29 is 9.90 Å². The van der Waals surface area contributed by atoms with Gasteiger partial charge in [-0.05, 0) is 73.7 Å². The maximum absolute atomic E-state index is 13.0. The lowest BCUT2D eigenvalue weighted by Crippen LogP contribution is -2.62. The lowest BCUT2D eigenvalue weighted by Gasteiger charge is -2.62. The zero-order valence-corrected chi connectivity index (χ0v) is 18.3. The van der Waals surface area contributed by atoms with E-state index in [1.807, 2.05) is 6.07 Å². The van der Waals surface area contributed by atoms with Gasteiger partial charge in [-0.3, -0.25) is 4.79 Å². The molecule has 30 heavy (non-hydrogen) atoms. The molecule has 1 saturated heterocycles. The van der Waals surface area contributed by atoms with E-state index >= 15 is 0 Å². The Morgan fingerprint density at radius 2 is 1.80 bits per heavy atom. The van der Waals surface area contributed by atoms with Crippen molar-refractivity contribution in [3.05, 3.63) is 35.9 Å². The number of carbonyl (C=O) groups excluding carboxylic acids is 1. The van der Waals surface area contributed by atoms with Crippen LogP contribution in [0.1, 0.15) is 70.8 Å². The van der Waals surface area contributed by atoms with Crippen LogP contribution >= 0.6 is 0 Å². The third-order valence-corrected chi connectivity index (χ3v) is 9.93. The van der Waals surface area contributed by atoms with Crippen LogP contribution in [-0.2, 0) is 11.3 Å². The molecule has 1 N–H and O–H groups in total. The third kappa shape index (κ3) is 2.64. The SMILES string of the molecule is C[C@]12CCC(=O)N(Cc3ccccc3)[C@@H]1CC[C@@H]1[C@@H]2CC[C@@]2(C)[C@H]1CCC2(O)C#N. The van der Waals surface area contributed by atoms with Crippen molar-refractivity contribution in [2.24, 2.45) is 28.6 Å². The maximum atomic E-state index is 13.0. The van der Waals surface area contributed by atoms with E-state index in [0.717, 1.165) is 38.5 Å². The minimum absolute atomic E-state index is 0.139. The standard InChI is InChI=1S/C26H34N2O2/c1-24-13-12-23(29)28(16-18-6-4-3-5-7-18)22(24)9-8-19-20(24)10-14-25(2)21(19)11-15-26(25,30)17-27/h3-7,19-22,30H,8-16H2,1-2H3/t19-,20+,21+,22-,24-,25+,26?/m1/s1. The predicted molar refractivity (Wildman–Crippen MR) is 115 cm³/mol. The summed E-state index contributed by atoms with van der Waals surface area (Å²) in [7, 11) is 0. The second-order valence-corrected chi connectivity index (χ2v) is 10.9. The average Bonchev–Trinajstić information content (AvgIpc) is 3.03. The van der Waals surface area contributed by atoms with Crippen LogP contribution in [0, 0.1) is 39.9 Å². The summed E-state index contributed by atoms with van der Waals surface area (Å²) in [6, 6.07) is 13.0. The van der Waals surface area contributed by atoms with Gasteiger partial charge in [0.1, 0.15) is 0 Å². The molecule has 1 aromatic carbocycles. The van der Waals surface area contributed by atoms with Crippen molar-refractivity contribution in [2.75, 3.05) is 0 Å². The fourth-order valence-corrected chi connectivity index (χ4v) is 8.17. The monoisotopic (exact) mass is 406 g/mol. The van der Waals surface area contributed by atoms with Crippen molar-refractivity contribution in [1.82, 2.24) is 4.90 Å². The fraction of sp³-hybridized carbons (Fsp3) is 0.692. The molecular weight excluding hydrogens is 372 g/mol. The molecule has 4 fully saturated rings. The van der Waals surface area contributed by atoms with Crippen LogP contribution in [0.2, 0.25) is 0 Å². The number of rotatable bonds is 2. The first-order chi connectivity index (χ1) is 14.3. The minimum Gasteiger partial charge on any atom is -0.375 e. The second-order valence-electron chi connectivity index (χ2n) is 10.9. The Kier molecular flexibility index (Phi) is 4.56. The summed E-state index contributed by atoms with van der Waals surface area (Å²) in [5.41, 5.74) is -0.0913. The predicted octanol–water partition coefficient (Wildman–Crippen LogP) is 4.67. The highest BCUT2D eigenvalue weighted by Crippen LogP contribution is 2.67. The molecule has 0 aromatic heterocycles. The summed E-state index contributed by atoms with van der Waals surface area (Å²) in [5, 5.41) is 20.8. The van der Waals surface area contributed by atoms with E-state index < -0.39 is 5.60 Å². The summed E-state index contributed by atoms with van der Waals surface area (Å²) in [5.74, 6) is 1.89. The highest BCUT2D eigenvalue weighted by Gasteiger charge is 2.65. The molecule has 4 aliphatic rings. The van der Waals surface area contributed by atoms with Gasteiger partial charge in [0, 0.05) is 24.4 Å². The van der Waals surface area contributed by atoms with Crippen molar-refractivity contribution in [1.29, 1.82) is 5.26 Å². The highest BCUT2D eigenvalue weighted by molar-refractivity contribution is 5.77. The average molecular weight is 407 g/mol. The van der Waals surface area contributed by atoms with Gasteiger partial charge < -0.3 is 10.0 Å². The van der Waals surface area contributed by atoms with Crippen LogP contribution in [0.5, 0.6) is 0 Å². The Hall–Kier alpha value is -1.86. The number of benzene rings is 1. The van der Waals surface area contributed by atoms with Gasteiger partial charge in [-0.15, -0.1) is 0 Å². The van der Waals surface area contributed by atoms with Gasteiger partial charge >= 0.3 is 0 Å². The fourth-order valence-electron chi connectivity index (χ4n) is 8.17. The summed E-state index contributed by atoms with van der Waals surface area (Å²) in [4.78, 5) is 15.2. The number of piperidine rings is 1. The second kappa shape index (κ2) is 6.82. The number of hydrogen-bond donors (Lipinski definition) is 1. The van der Waals surface area contributed by atoms with Gasteiger partial charge in [-0.2, -0.15) is 5.26 Å². The van der Waals surface area contributed by atoms with Crippen LogP contribution in [0.25, 0.3) is 0 Å². The molecule has 3 aliphatic carbocycles. The van der Waals surface area contributed by atoms with E-state index in [0.29, 0.717) is 49.1 Å². The summed E-state index contributed by atoms with van der Waals surface area (Å²) < 4.78 is 0. The Bertz CT molecular complexity index is 879. The molecule has 1 unspecified atom stereocenters. The van der Waals surface area contributed by atoms with E-state index in [1.165, 1.54) is 5.56 Å². The number of aliphatic hydroxyl groups is 1. The van der Waals surface area contributed by atoms with E-state index in [2.05, 4.69) is 49.1 Å². The van der Waals surface area contributed by atoms with Gasteiger partial charge in [0.2, 0.25) is 5.91 Å². The number of likely N-dealkylation sites (tertiary alicyclic amines) is 1. The Morgan fingerprint density at radius 1 is 1.07 bits per heavy atom. The van der Waals surface area contributed by atoms with E-state index in [-0.39, 0.29) is 10.8 Å². The van der Waals surface area contributed by atoms with Gasteiger partial charge in [0.05, 0.1) is 6.07 Å². The molecule has 1 heterocycles. The van der Waals surface area contributed by atoms with Crippen LogP contribution < -0.4 is 0 Å². The van der Waals surface area contributed by atoms with Gasteiger partial charge in [0.25, 0.3) is 0 Å². The first-order valence-corrected chi connectivity index (χ1v) is 11.8. The lowest BCUT2D eigenvalue weighted by atomic mass is 9.46. The first kappa shape index (κ1) is 20.1. The van der Waals surface area contributed by atoms with Gasteiger partial charge in [0.15, 0.2) is 5.60 Å². The van der Waals surface area contributed by atoms with Gasteiger partial charge in [-0.1, -0.05) is 44.2 Å². The summed E-state index contributed by atoms with van der Waals surface area (Å²) >= 11 is 0. The molecular formula is C26H34N2O2. The smallest absolute Gasteiger partial charge is 0.223 e. The number of amides is 1. The lowest BCUT2D eigenvalue weighted by molar-refractivity contribution is -0.167. The van der Waals surface area contributed by atoms with E-state index in [1.54, 1.807) is 0 Å². The largest absolute Gasteiger partial charge is 0.375 e. The zero-order valence-electron chi connectivity index (χ0n) is 18.3. The molecule has 1 aromatic rings. The van der Waals surface area contributed by atoms with Crippen molar-refractivity contribution >= 4 is 5.91 Å². The van der Waals surface area contributed by atoms with Gasteiger partial charge in [-0.25, -0.2) is 0 Å². The van der Waals surface area contributed by atoms with E-state index in [4.69, 9.17) is 0 Å². The van der Waals surface area contributed by atoms with E-state index in [9.17, 15) is 15.2 Å². The number of hydrogen-bond acceptors (Lipinski definition) is 3. The minimum atomic E-state index is -1.16. The molecule has 160 valence electrons. The number of nitriles is 1. The summed E-state index contributed by atoms with van der Waals surface area (Å²) in [6.45, 7) is 5.32.